The molecule has 0 atom stereocenters. The minimum Gasteiger partial charge on any atom is -0.338 e. The minimum atomic E-state index is -4.53. The van der Waals surface area contributed by atoms with Crippen LogP contribution in [0.1, 0.15) is 11.1 Å². The van der Waals surface area contributed by atoms with E-state index in [9.17, 15) is 18.0 Å². The number of hydrogen-bond donors (Lipinski definition) is 2. The number of nitrogens with one attached hydrogen (secondary N) is 2. The molecule has 0 spiro atoms. The van der Waals surface area contributed by atoms with Crippen LogP contribution in [-0.4, -0.2) is 22.1 Å². The van der Waals surface area contributed by atoms with Gasteiger partial charge in [-0.05, 0) is 36.2 Å². The van der Waals surface area contributed by atoms with Crippen LogP contribution < -0.4 is 10.6 Å². The molecule has 0 bridgehead atoms. The molecule has 8 heteroatoms. The van der Waals surface area contributed by atoms with E-state index in [2.05, 4.69) is 15.6 Å². The molecule has 0 unspecified atom stereocenters. The first-order valence-corrected chi connectivity index (χ1v) is 7.96. The van der Waals surface area contributed by atoms with Crippen molar-refractivity contribution in [1.82, 2.24) is 14.9 Å². The minimum absolute atomic E-state index is 0.271. The summed E-state index contributed by atoms with van der Waals surface area (Å²) in [6.07, 6.45) is -0.358. The summed E-state index contributed by atoms with van der Waals surface area (Å²) in [7, 11) is 1.88. The van der Waals surface area contributed by atoms with Gasteiger partial charge in [-0.2, -0.15) is 13.2 Å². The largest absolute Gasteiger partial charge is 0.418 e. The fourth-order valence-corrected chi connectivity index (χ4v) is 2.81. The number of halogens is 3. The molecule has 0 aliphatic rings. The van der Waals surface area contributed by atoms with Gasteiger partial charge in [-0.3, -0.25) is 0 Å². The van der Waals surface area contributed by atoms with Gasteiger partial charge >= 0.3 is 12.2 Å². The number of alkyl halides is 3. The first-order chi connectivity index (χ1) is 12.4. The average Bonchev–Trinajstić information content (AvgIpc) is 2.91. The monoisotopic (exact) mass is 362 g/mol. The number of rotatable bonds is 4. The van der Waals surface area contributed by atoms with Crippen LogP contribution in [-0.2, 0) is 19.6 Å². The van der Waals surface area contributed by atoms with Crippen molar-refractivity contribution in [2.24, 2.45) is 7.05 Å². The second-order valence-corrected chi connectivity index (χ2v) is 5.81. The number of benzene rings is 1. The number of nitrogens with zero attached hydrogens (tertiary/aromatic N) is 2. The van der Waals surface area contributed by atoms with Gasteiger partial charge in [0.05, 0.1) is 11.3 Å². The summed E-state index contributed by atoms with van der Waals surface area (Å²) in [5.74, 6) is 0. The number of carbonyl (C=O) groups is 1. The molecule has 0 saturated heterocycles. The highest BCUT2D eigenvalue weighted by Crippen LogP contribution is 2.34. The fraction of sp³-hybridized carbons (Fsp3) is 0.222. The lowest BCUT2D eigenvalue weighted by Crippen LogP contribution is -2.31. The smallest absolute Gasteiger partial charge is 0.338 e. The average molecular weight is 362 g/mol. The van der Waals surface area contributed by atoms with Gasteiger partial charge in [-0.25, -0.2) is 9.78 Å². The van der Waals surface area contributed by atoms with Gasteiger partial charge in [0.25, 0.3) is 0 Å². The van der Waals surface area contributed by atoms with Crippen LogP contribution in [0.5, 0.6) is 0 Å². The summed E-state index contributed by atoms with van der Waals surface area (Å²) in [5, 5.41) is 5.83. The Kier molecular flexibility index (Phi) is 4.83. The Labute approximate surface area is 147 Å². The zero-order chi connectivity index (χ0) is 18.7. The highest BCUT2D eigenvalue weighted by Gasteiger charge is 2.33. The maximum Gasteiger partial charge on any atom is 0.418 e. The molecule has 2 N–H and O–H groups in total. The highest BCUT2D eigenvalue weighted by atomic mass is 19.4. The van der Waals surface area contributed by atoms with Gasteiger partial charge in [0.2, 0.25) is 0 Å². The van der Waals surface area contributed by atoms with E-state index in [1.165, 1.54) is 18.2 Å². The molecule has 26 heavy (non-hydrogen) atoms. The Hall–Kier alpha value is -3.03. The van der Waals surface area contributed by atoms with E-state index in [1.54, 1.807) is 6.20 Å². The van der Waals surface area contributed by atoms with Crippen molar-refractivity contribution in [2.45, 2.75) is 12.6 Å². The zero-order valence-electron chi connectivity index (χ0n) is 14.0. The highest BCUT2D eigenvalue weighted by molar-refractivity contribution is 5.90. The second kappa shape index (κ2) is 7.07. The van der Waals surface area contributed by atoms with E-state index in [-0.39, 0.29) is 12.2 Å². The Morgan fingerprint density at radius 1 is 1.19 bits per heavy atom. The van der Waals surface area contributed by atoms with Crippen molar-refractivity contribution in [1.29, 1.82) is 0 Å². The van der Waals surface area contributed by atoms with Crippen LogP contribution >= 0.6 is 0 Å². The third-order valence-electron chi connectivity index (χ3n) is 3.98. The zero-order valence-corrected chi connectivity index (χ0v) is 14.0. The number of aryl methyl sites for hydroxylation is 1. The molecule has 3 aromatic rings. The predicted molar refractivity (Wildman–Crippen MR) is 92.9 cm³/mol. The van der Waals surface area contributed by atoms with E-state index in [4.69, 9.17) is 0 Å². The van der Waals surface area contributed by atoms with Crippen molar-refractivity contribution in [3.05, 3.63) is 59.9 Å². The van der Waals surface area contributed by atoms with Crippen molar-refractivity contribution in [3.63, 3.8) is 0 Å². The molecule has 2 aromatic heterocycles. The standard InChI is InChI=1S/C18H17F3N4O/c1-25-11-12(13-5-4-9-22-16(13)25)8-10-23-17(26)24-15-7-3-2-6-14(15)18(19,20)21/h2-7,9,11H,8,10H2,1H3,(H2,23,24,26). The second-order valence-electron chi connectivity index (χ2n) is 5.81. The van der Waals surface area contributed by atoms with Crippen LogP contribution in [0.3, 0.4) is 0 Å². The molecular formula is C18H17F3N4O. The third kappa shape index (κ3) is 3.79. The van der Waals surface area contributed by atoms with Crippen molar-refractivity contribution < 1.29 is 18.0 Å². The first kappa shape index (κ1) is 17.8. The number of anilines is 1. The summed E-state index contributed by atoms with van der Waals surface area (Å²) >= 11 is 0. The van der Waals surface area contributed by atoms with E-state index in [0.717, 1.165) is 22.7 Å². The molecule has 0 aliphatic heterocycles. The van der Waals surface area contributed by atoms with Crippen LogP contribution in [0.2, 0.25) is 0 Å². The quantitative estimate of drug-likeness (QED) is 0.738. The molecule has 2 amide bonds. The van der Waals surface area contributed by atoms with Gasteiger partial charge < -0.3 is 15.2 Å². The van der Waals surface area contributed by atoms with Crippen LogP contribution in [0.15, 0.2) is 48.8 Å². The molecule has 0 saturated carbocycles. The number of para-hydroxylation sites is 1. The van der Waals surface area contributed by atoms with Gasteiger partial charge in [0, 0.05) is 31.4 Å². The Morgan fingerprint density at radius 2 is 1.96 bits per heavy atom. The van der Waals surface area contributed by atoms with Crippen LogP contribution in [0.4, 0.5) is 23.7 Å². The van der Waals surface area contributed by atoms with E-state index in [1.807, 2.05) is 29.9 Å². The summed E-state index contributed by atoms with van der Waals surface area (Å²) in [4.78, 5) is 16.2. The molecule has 3 rings (SSSR count). The number of pyridine rings is 1. The number of urea groups is 1. The summed E-state index contributed by atoms with van der Waals surface area (Å²) < 4.78 is 40.7. The molecule has 0 fully saturated rings. The molecule has 0 radical (unpaired) electrons. The summed E-state index contributed by atoms with van der Waals surface area (Å²) in [5.41, 5.74) is 0.694. The molecule has 2 heterocycles. The lowest BCUT2D eigenvalue weighted by Gasteiger charge is -2.14. The van der Waals surface area contributed by atoms with Gasteiger partial charge in [0.1, 0.15) is 5.65 Å². The molecule has 0 aliphatic carbocycles. The maximum atomic E-state index is 12.9. The lowest BCUT2D eigenvalue weighted by molar-refractivity contribution is -0.136. The maximum absolute atomic E-state index is 12.9. The Balaban J connectivity index is 1.62. The van der Waals surface area contributed by atoms with Crippen molar-refractivity contribution in [2.75, 3.05) is 11.9 Å². The SMILES string of the molecule is Cn1cc(CCNC(=O)Nc2ccccc2C(F)(F)F)c2cccnc21. The predicted octanol–water partition coefficient (Wildman–Crippen LogP) is 3.96. The molecule has 136 valence electrons. The number of fused-ring (bicyclic) bond motifs is 1. The molecule has 5 nitrogen and oxygen atoms in total. The van der Waals surface area contributed by atoms with Crippen molar-refractivity contribution >= 4 is 22.8 Å². The summed E-state index contributed by atoms with van der Waals surface area (Å²) in [6, 6.07) is 7.96. The van der Waals surface area contributed by atoms with Crippen molar-refractivity contribution in [3.8, 4) is 0 Å². The Bertz CT molecular complexity index is 934. The van der Waals surface area contributed by atoms with Crippen LogP contribution in [0.25, 0.3) is 11.0 Å². The van der Waals surface area contributed by atoms with Crippen LogP contribution in [0, 0.1) is 0 Å². The molecular weight excluding hydrogens is 345 g/mol. The van der Waals surface area contributed by atoms with E-state index >= 15 is 0 Å². The fourth-order valence-electron chi connectivity index (χ4n) is 2.81. The number of carbonyl (C=O) groups excluding carboxylic acids is 1. The normalized spacial score (nSPS) is 11.5. The lowest BCUT2D eigenvalue weighted by atomic mass is 10.1. The molecule has 1 aromatic carbocycles. The first-order valence-electron chi connectivity index (χ1n) is 7.96. The Morgan fingerprint density at radius 3 is 2.73 bits per heavy atom. The number of aromatic nitrogens is 2. The van der Waals surface area contributed by atoms with E-state index < -0.39 is 17.8 Å². The van der Waals surface area contributed by atoms with Gasteiger partial charge in [-0.15, -0.1) is 0 Å². The van der Waals surface area contributed by atoms with E-state index in [0.29, 0.717) is 6.42 Å². The topological polar surface area (TPSA) is 59.0 Å². The number of hydrogen-bond acceptors (Lipinski definition) is 2. The van der Waals surface area contributed by atoms with Gasteiger partial charge in [-0.1, -0.05) is 12.1 Å². The third-order valence-corrected chi connectivity index (χ3v) is 3.98. The number of amides is 2. The summed E-state index contributed by atoms with van der Waals surface area (Å²) in [6.45, 7) is 0.286. The van der Waals surface area contributed by atoms with Gasteiger partial charge in [0.15, 0.2) is 0 Å².